The summed E-state index contributed by atoms with van der Waals surface area (Å²) >= 11 is 0. The van der Waals surface area contributed by atoms with Crippen molar-refractivity contribution >= 4 is 11.9 Å². The third-order valence-electron chi connectivity index (χ3n) is 1.06. The van der Waals surface area contributed by atoms with Crippen LogP contribution in [0.4, 0.5) is 0 Å². The summed E-state index contributed by atoms with van der Waals surface area (Å²) in [6, 6.07) is 1.69. The number of carboxylic acid groups (broad SMARTS) is 1. The van der Waals surface area contributed by atoms with Crippen LogP contribution in [0.1, 0.15) is 6.92 Å². The van der Waals surface area contributed by atoms with E-state index in [0.717, 1.165) is 12.2 Å². The van der Waals surface area contributed by atoms with Crippen LogP contribution >= 0.6 is 0 Å². The number of nitrogens with zero attached hydrogens (tertiary/aromatic N) is 1. The summed E-state index contributed by atoms with van der Waals surface area (Å²) in [5.74, 6) is -1.73. The normalized spacial score (nSPS) is 8.25. The number of carbonyl (C=O) groups excluding carboxylic acids is 1. The molecule has 0 bridgehead atoms. The zero-order valence-electron chi connectivity index (χ0n) is 8.97. The number of aliphatic carboxylic acids is 1. The fraction of sp³-hybridized carbons (Fsp3) is 0.182. The van der Waals surface area contributed by atoms with Crippen molar-refractivity contribution < 1.29 is 19.4 Å². The first kappa shape index (κ1) is 16.1. The van der Waals surface area contributed by atoms with Gasteiger partial charge in [-0.1, -0.05) is 13.2 Å². The second kappa shape index (κ2) is 10.7. The number of hydrogen-bond donors (Lipinski definition) is 1. The highest BCUT2D eigenvalue weighted by Crippen LogP contribution is 1.96. The summed E-state index contributed by atoms with van der Waals surface area (Å²) in [7, 11) is 0. The number of ether oxygens (including phenoxy) is 1. The molecule has 1 N–H and O–H groups in total. The number of esters is 1. The average Bonchev–Trinajstić information content (AvgIpc) is 2.26. The third-order valence-corrected chi connectivity index (χ3v) is 1.06. The van der Waals surface area contributed by atoms with Gasteiger partial charge in [-0.2, -0.15) is 5.26 Å². The van der Waals surface area contributed by atoms with Crippen molar-refractivity contribution in [2.45, 2.75) is 6.92 Å². The van der Waals surface area contributed by atoms with Gasteiger partial charge in [0.25, 0.3) is 0 Å². The van der Waals surface area contributed by atoms with Gasteiger partial charge >= 0.3 is 11.9 Å². The van der Waals surface area contributed by atoms with E-state index in [4.69, 9.17) is 10.4 Å². The van der Waals surface area contributed by atoms with Gasteiger partial charge in [-0.25, -0.2) is 9.59 Å². The van der Waals surface area contributed by atoms with Crippen LogP contribution in [0.15, 0.2) is 37.0 Å². The molecule has 16 heavy (non-hydrogen) atoms. The Morgan fingerprint density at radius 3 is 2.31 bits per heavy atom. The van der Waals surface area contributed by atoms with Gasteiger partial charge in [0.05, 0.1) is 18.2 Å². The first-order chi connectivity index (χ1) is 7.49. The largest absolute Gasteiger partial charge is 0.478 e. The number of allylic oxidation sites excluding steroid dienone is 1. The zero-order valence-corrected chi connectivity index (χ0v) is 8.97. The van der Waals surface area contributed by atoms with Gasteiger partial charge in [-0.15, -0.1) is 0 Å². The Labute approximate surface area is 93.9 Å². The first-order valence-corrected chi connectivity index (χ1v) is 4.27. The Hall–Kier alpha value is -2.35. The molecule has 0 aromatic heterocycles. The van der Waals surface area contributed by atoms with Gasteiger partial charge < -0.3 is 9.84 Å². The lowest BCUT2D eigenvalue weighted by atomic mass is 10.3. The Balaban J connectivity index is 0. The summed E-state index contributed by atoms with van der Waals surface area (Å²) in [4.78, 5) is 20.8. The molecular formula is C11H13NO4. The molecule has 0 amide bonds. The van der Waals surface area contributed by atoms with Gasteiger partial charge in [-0.05, 0) is 13.0 Å². The predicted molar refractivity (Wildman–Crippen MR) is 58.4 cm³/mol. The maximum absolute atomic E-state index is 10.8. The van der Waals surface area contributed by atoms with Crippen molar-refractivity contribution in [1.82, 2.24) is 0 Å². The Morgan fingerprint density at radius 1 is 1.50 bits per heavy atom. The van der Waals surface area contributed by atoms with E-state index in [1.807, 2.05) is 0 Å². The van der Waals surface area contributed by atoms with E-state index in [0.29, 0.717) is 0 Å². The van der Waals surface area contributed by atoms with Crippen LogP contribution in [-0.2, 0) is 14.3 Å². The van der Waals surface area contributed by atoms with E-state index in [1.165, 1.54) is 6.08 Å². The van der Waals surface area contributed by atoms with E-state index in [1.54, 1.807) is 13.0 Å². The molecule has 0 aromatic rings. The fourth-order valence-electron chi connectivity index (χ4n) is 0.464. The minimum absolute atomic E-state index is 0.0271. The maximum Gasteiger partial charge on any atom is 0.337 e. The van der Waals surface area contributed by atoms with Crippen molar-refractivity contribution in [1.29, 1.82) is 5.26 Å². The topological polar surface area (TPSA) is 87.4 Å². The van der Waals surface area contributed by atoms with E-state index < -0.39 is 11.9 Å². The molecule has 0 heterocycles. The molecule has 0 rings (SSSR count). The number of nitriles is 1. The highest BCUT2D eigenvalue weighted by Gasteiger charge is 2.03. The smallest absolute Gasteiger partial charge is 0.337 e. The minimum atomic E-state index is -1.12. The molecule has 0 spiro atoms. The molecule has 0 unspecified atom stereocenters. The average molecular weight is 223 g/mol. The summed E-state index contributed by atoms with van der Waals surface area (Å²) in [6.07, 6.45) is 3.11. The van der Waals surface area contributed by atoms with Gasteiger partial charge in [0.1, 0.15) is 0 Å². The van der Waals surface area contributed by atoms with Crippen molar-refractivity contribution in [2.24, 2.45) is 0 Å². The lowest BCUT2D eigenvalue weighted by Gasteiger charge is -1.98. The van der Waals surface area contributed by atoms with Crippen molar-refractivity contribution in [3.8, 4) is 6.07 Å². The maximum atomic E-state index is 10.8. The Bertz CT molecular complexity index is 336. The zero-order chi connectivity index (χ0) is 13.0. The first-order valence-electron chi connectivity index (χ1n) is 4.27. The molecule has 0 aliphatic rings. The van der Waals surface area contributed by atoms with Crippen LogP contribution in [-0.4, -0.2) is 23.7 Å². The number of rotatable bonds is 4. The van der Waals surface area contributed by atoms with E-state index in [2.05, 4.69) is 17.9 Å². The number of hydrogen-bond acceptors (Lipinski definition) is 4. The van der Waals surface area contributed by atoms with Crippen LogP contribution in [0.2, 0.25) is 0 Å². The van der Waals surface area contributed by atoms with Gasteiger partial charge in [0.2, 0.25) is 0 Å². The van der Waals surface area contributed by atoms with Crippen LogP contribution in [0.5, 0.6) is 0 Å². The molecule has 0 saturated carbocycles. The van der Waals surface area contributed by atoms with Crippen molar-refractivity contribution in [3.63, 3.8) is 0 Å². The molecule has 0 aromatic carbocycles. The molecule has 86 valence electrons. The minimum Gasteiger partial charge on any atom is -0.478 e. The quantitative estimate of drug-likeness (QED) is 0.337. The molecular weight excluding hydrogens is 210 g/mol. The summed E-state index contributed by atoms with van der Waals surface area (Å²) in [5, 5.41) is 15.7. The third kappa shape index (κ3) is 11.6. The summed E-state index contributed by atoms with van der Waals surface area (Å²) < 4.78 is 4.55. The lowest BCUT2D eigenvalue weighted by Crippen LogP contribution is -2.05. The fourth-order valence-corrected chi connectivity index (χ4v) is 0.464. The molecule has 5 heteroatoms. The highest BCUT2D eigenvalue weighted by molar-refractivity contribution is 5.93. The highest BCUT2D eigenvalue weighted by atomic mass is 16.5. The molecule has 0 atom stereocenters. The monoisotopic (exact) mass is 223 g/mol. The second-order valence-corrected chi connectivity index (χ2v) is 2.25. The van der Waals surface area contributed by atoms with Crippen LogP contribution in [0.25, 0.3) is 0 Å². The van der Waals surface area contributed by atoms with Crippen molar-refractivity contribution in [3.05, 3.63) is 37.0 Å². The van der Waals surface area contributed by atoms with Gasteiger partial charge in [-0.3, -0.25) is 0 Å². The molecule has 0 aliphatic carbocycles. The van der Waals surface area contributed by atoms with E-state index >= 15 is 0 Å². The number of carbonyl (C=O) groups is 2. The molecule has 0 aliphatic heterocycles. The van der Waals surface area contributed by atoms with Crippen LogP contribution < -0.4 is 0 Å². The number of carboxylic acids is 1. The van der Waals surface area contributed by atoms with Crippen molar-refractivity contribution in [2.75, 3.05) is 6.61 Å². The van der Waals surface area contributed by atoms with Gasteiger partial charge in [0.15, 0.2) is 0 Å². The summed E-state index contributed by atoms with van der Waals surface area (Å²) in [6.45, 7) is 8.35. The van der Waals surface area contributed by atoms with E-state index in [-0.39, 0.29) is 12.2 Å². The van der Waals surface area contributed by atoms with Crippen LogP contribution in [0, 0.1) is 11.3 Å². The van der Waals surface area contributed by atoms with Gasteiger partial charge in [0, 0.05) is 12.2 Å². The van der Waals surface area contributed by atoms with E-state index in [9.17, 15) is 9.59 Å². The predicted octanol–water partition coefficient (Wildman–Crippen LogP) is 1.44. The Morgan fingerprint density at radius 2 is 2.00 bits per heavy atom. The second-order valence-electron chi connectivity index (χ2n) is 2.25. The molecule has 0 radical (unpaired) electrons. The van der Waals surface area contributed by atoms with Crippen LogP contribution in [0.3, 0.4) is 0 Å². The SMILES string of the molecule is C=C(C=CC(=O)O)C(=O)OCC.C=CC#N. The molecule has 0 saturated heterocycles. The standard InChI is InChI=1S/C8H10O4.C3H3N/c1-3-12-8(11)6(2)4-5-7(9)10;1-2-3-4/h4-5H,2-3H2,1H3,(H,9,10);2H,1H2. The lowest BCUT2D eigenvalue weighted by molar-refractivity contribution is -0.138. The molecule has 5 nitrogen and oxygen atoms in total. The molecule has 0 fully saturated rings. The Kier molecular flexibility index (Phi) is 10.8. The summed E-state index contributed by atoms with van der Waals surface area (Å²) in [5.41, 5.74) is 0.0271.